The van der Waals surface area contributed by atoms with Crippen molar-refractivity contribution >= 4 is 11.0 Å². The van der Waals surface area contributed by atoms with E-state index in [0.717, 1.165) is 16.8 Å². The number of aliphatic hydroxyl groups is 1. The molecule has 22 heavy (non-hydrogen) atoms. The summed E-state index contributed by atoms with van der Waals surface area (Å²) in [6.07, 6.45) is 0. The molecule has 0 aliphatic carbocycles. The Kier molecular flexibility index (Phi) is 3.81. The maximum atomic E-state index is 13.7. The monoisotopic (exact) mass is 300 g/mol. The Bertz CT molecular complexity index is 827. The number of benzene rings is 2. The highest BCUT2D eigenvalue weighted by Gasteiger charge is 2.16. The van der Waals surface area contributed by atoms with Crippen molar-refractivity contribution in [3.8, 4) is 11.7 Å². The number of rotatable bonds is 4. The van der Waals surface area contributed by atoms with Gasteiger partial charge in [-0.15, -0.1) is 0 Å². The van der Waals surface area contributed by atoms with E-state index in [0.29, 0.717) is 23.7 Å². The predicted octanol–water partition coefficient (Wildman–Crippen LogP) is 3.36. The maximum absolute atomic E-state index is 13.7. The van der Waals surface area contributed by atoms with Gasteiger partial charge in [-0.05, 0) is 43.2 Å². The Morgan fingerprint density at radius 2 is 2.09 bits per heavy atom. The van der Waals surface area contributed by atoms with E-state index in [4.69, 9.17) is 4.74 Å². The molecule has 0 saturated carbocycles. The maximum Gasteiger partial charge on any atom is 0.302 e. The van der Waals surface area contributed by atoms with Crippen molar-refractivity contribution in [1.29, 1.82) is 0 Å². The van der Waals surface area contributed by atoms with Crippen LogP contribution in [0.25, 0.3) is 16.7 Å². The summed E-state index contributed by atoms with van der Waals surface area (Å²) in [6.45, 7) is 4.21. The summed E-state index contributed by atoms with van der Waals surface area (Å²) in [4.78, 5) is 4.43. The van der Waals surface area contributed by atoms with E-state index in [-0.39, 0.29) is 12.4 Å². The first-order valence-electron chi connectivity index (χ1n) is 7.16. The Morgan fingerprint density at radius 1 is 1.27 bits per heavy atom. The van der Waals surface area contributed by atoms with Gasteiger partial charge in [-0.1, -0.05) is 12.1 Å². The zero-order chi connectivity index (χ0) is 15.7. The molecule has 114 valence electrons. The van der Waals surface area contributed by atoms with Crippen LogP contribution in [0.1, 0.15) is 18.1 Å². The third-order valence-corrected chi connectivity index (χ3v) is 3.69. The fraction of sp³-hybridized carbons (Fsp3) is 0.235. The highest BCUT2D eigenvalue weighted by Crippen LogP contribution is 2.29. The van der Waals surface area contributed by atoms with Gasteiger partial charge in [0.05, 0.1) is 29.9 Å². The second kappa shape index (κ2) is 5.77. The van der Waals surface area contributed by atoms with Crippen LogP contribution in [0.4, 0.5) is 4.39 Å². The molecule has 0 atom stereocenters. The Morgan fingerprint density at radius 3 is 2.82 bits per heavy atom. The summed E-state index contributed by atoms with van der Waals surface area (Å²) in [5.41, 5.74) is 3.86. The number of nitrogens with zero attached hydrogens (tertiary/aromatic N) is 2. The van der Waals surface area contributed by atoms with Gasteiger partial charge in [0.1, 0.15) is 5.82 Å². The van der Waals surface area contributed by atoms with Crippen molar-refractivity contribution in [2.75, 3.05) is 6.61 Å². The van der Waals surface area contributed by atoms with Gasteiger partial charge >= 0.3 is 6.01 Å². The molecule has 0 fully saturated rings. The van der Waals surface area contributed by atoms with Crippen molar-refractivity contribution in [2.45, 2.75) is 20.5 Å². The van der Waals surface area contributed by atoms with Crippen LogP contribution in [0.5, 0.6) is 6.01 Å². The molecule has 1 heterocycles. The van der Waals surface area contributed by atoms with Crippen molar-refractivity contribution in [3.05, 3.63) is 53.3 Å². The number of halogens is 1. The SMILES string of the molecule is CCOc1nc2ccc(F)cc2n1-c1cccc(CO)c1C. The molecular weight excluding hydrogens is 283 g/mol. The number of ether oxygens (including phenoxy) is 1. The van der Waals surface area contributed by atoms with E-state index in [1.807, 2.05) is 32.0 Å². The number of aromatic nitrogens is 2. The van der Waals surface area contributed by atoms with Crippen LogP contribution < -0.4 is 4.74 Å². The van der Waals surface area contributed by atoms with Gasteiger partial charge in [-0.2, -0.15) is 4.98 Å². The average molecular weight is 300 g/mol. The van der Waals surface area contributed by atoms with E-state index in [2.05, 4.69) is 4.98 Å². The molecule has 4 nitrogen and oxygen atoms in total. The lowest BCUT2D eigenvalue weighted by molar-refractivity contribution is 0.281. The quantitative estimate of drug-likeness (QED) is 0.803. The highest BCUT2D eigenvalue weighted by molar-refractivity contribution is 5.79. The Balaban J connectivity index is 2.33. The Hall–Kier alpha value is -2.40. The summed E-state index contributed by atoms with van der Waals surface area (Å²) in [6, 6.07) is 10.5. The van der Waals surface area contributed by atoms with Gasteiger partial charge < -0.3 is 9.84 Å². The van der Waals surface area contributed by atoms with Gasteiger partial charge in [0.2, 0.25) is 0 Å². The summed E-state index contributed by atoms with van der Waals surface area (Å²) in [5, 5.41) is 9.45. The van der Waals surface area contributed by atoms with Gasteiger partial charge in [0, 0.05) is 6.07 Å². The summed E-state index contributed by atoms with van der Waals surface area (Å²) in [7, 11) is 0. The second-order valence-electron chi connectivity index (χ2n) is 5.02. The normalized spacial score (nSPS) is 11.1. The minimum Gasteiger partial charge on any atom is -0.465 e. The molecule has 0 radical (unpaired) electrons. The summed E-state index contributed by atoms with van der Waals surface area (Å²) >= 11 is 0. The fourth-order valence-electron chi connectivity index (χ4n) is 2.57. The number of hydrogen-bond acceptors (Lipinski definition) is 3. The third kappa shape index (κ3) is 2.33. The first-order valence-corrected chi connectivity index (χ1v) is 7.16. The van der Waals surface area contributed by atoms with Crippen LogP contribution in [0.3, 0.4) is 0 Å². The van der Waals surface area contributed by atoms with Crippen molar-refractivity contribution in [3.63, 3.8) is 0 Å². The second-order valence-corrected chi connectivity index (χ2v) is 5.02. The summed E-state index contributed by atoms with van der Waals surface area (Å²) < 4.78 is 21.1. The van der Waals surface area contributed by atoms with E-state index >= 15 is 0 Å². The lowest BCUT2D eigenvalue weighted by Crippen LogP contribution is -2.05. The van der Waals surface area contributed by atoms with Crippen molar-refractivity contribution < 1.29 is 14.2 Å². The zero-order valence-electron chi connectivity index (χ0n) is 12.5. The number of fused-ring (bicyclic) bond motifs is 1. The molecule has 0 amide bonds. The number of imidazole rings is 1. The van der Waals surface area contributed by atoms with Gasteiger partial charge in [0.25, 0.3) is 0 Å². The molecule has 0 aliphatic rings. The molecular formula is C17H17FN2O2. The van der Waals surface area contributed by atoms with Crippen molar-refractivity contribution in [1.82, 2.24) is 9.55 Å². The van der Waals surface area contributed by atoms with Gasteiger partial charge in [0.15, 0.2) is 0 Å². The Labute approximate surface area is 127 Å². The zero-order valence-corrected chi connectivity index (χ0v) is 12.5. The molecule has 3 rings (SSSR count). The van der Waals surface area contributed by atoms with Crippen LogP contribution >= 0.6 is 0 Å². The largest absolute Gasteiger partial charge is 0.465 e. The first kappa shape index (κ1) is 14.5. The molecule has 1 aromatic heterocycles. The topological polar surface area (TPSA) is 47.3 Å². The van der Waals surface area contributed by atoms with Crippen LogP contribution in [0.2, 0.25) is 0 Å². The van der Waals surface area contributed by atoms with Gasteiger partial charge in [-0.25, -0.2) is 4.39 Å². The molecule has 2 aromatic carbocycles. The number of hydrogen-bond donors (Lipinski definition) is 1. The van der Waals surface area contributed by atoms with Gasteiger partial charge in [-0.3, -0.25) is 4.57 Å². The molecule has 0 saturated heterocycles. The van der Waals surface area contributed by atoms with E-state index < -0.39 is 0 Å². The first-order chi connectivity index (χ1) is 10.7. The highest BCUT2D eigenvalue weighted by atomic mass is 19.1. The standard InChI is InChI=1S/C17H17FN2O2/c1-3-22-17-19-14-8-7-13(18)9-16(14)20(17)15-6-4-5-12(10-21)11(15)2/h4-9,21H,3,10H2,1-2H3. The average Bonchev–Trinajstić information content (AvgIpc) is 2.85. The molecule has 0 unspecified atom stereocenters. The summed E-state index contributed by atoms with van der Waals surface area (Å²) in [5.74, 6) is -0.326. The third-order valence-electron chi connectivity index (χ3n) is 3.69. The molecule has 1 N–H and O–H groups in total. The predicted molar refractivity (Wildman–Crippen MR) is 82.9 cm³/mol. The van der Waals surface area contributed by atoms with Crippen LogP contribution in [0.15, 0.2) is 36.4 Å². The minimum absolute atomic E-state index is 0.0510. The molecule has 3 aromatic rings. The number of aliphatic hydroxyl groups excluding tert-OH is 1. The van der Waals surface area contributed by atoms with Crippen molar-refractivity contribution in [2.24, 2.45) is 0 Å². The van der Waals surface area contributed by atoms with Crippen LogP contribution in [-0.4, -0.2) is 21.3 Å². The van der Waals surface area contributed by atoms with E-state index in [9.17, 15) is 9.50 Å². The fourth-order valence-corrected chi connectivity index (χ4v) is 2.57. The minimum atomic E-state index is -0.326. The molecule has 0 bridgehead atoms. The lowest BCUT2D eigenvalue weighted by Gasteiger charge is -2.14. The molecule has 0 aliphatic heterocycles. The molecule has 5 heteroatoms. The molecule has 0 spiro atoms. The lowest BCUT2D eigenvalue weighted by atomic mass is 10.1. The van der Waals surface area contributed by atoms with E-state index in [1.54, 1.807) is 10.6 Å². The smallest absolute Gasteiger partial charge is 0.302 e. The van der Waals surface area contributed by atoms with E-state index in [1.165, 1.54) is 12.1 Å². The van der Waals surface area contributed by atoms with Crippen LogP contribution in [-0.2, 0) is 6.61 Å². The van der Waals surface area contributed by atoms with Crippen LogP contribution in [0, 0.1) is 12.7 Å².